The van der Waals surface area contributed by atoms with Crippen molar-refractivity contribution in [3.8, 4) is 0 Å². The number of rotatable bonds is 6. The van der Waals surface area contributed by atoms with E-state index in [4.69, 9.17) is 10.8 Å². The number of thiol groups is 1. The largest absolute Gasteiger partial charge is 0.480 e. The normalized spacial score (nSPS) is 14.2. The minimum absolute atomic E-state index is 0.265. The van der Waals surface area contributed by atoms with E-state index in [-0.39, 0.29) is 5.75 Å². The number of hydrogen-bond acceptors (Lipinski definition) is 4. The average molecular weight is 205 g/mol. The zero-order chi connectivity index (χ0) is 10.3. The first-order chi connectivity index (χ1) is 6.07. The van der Waals surface area contributed by atoms with Crippen molar-refractivity contribution >= 4 is 24.4 Å². The number of carbonyl (C=O) groups is 1. The Morgan fingerprint density at radius 3 is 2.77 bits per heavy atom. The van der Waals surface area contributed by atoms with E-state index < -0.39 is 12.0 Å². The van der Waals surface area contributed by atoms with Crippen LogP contribution in [0.15, 0.2) is 4.99 Å². The van der Waals surface area contributed by atoms with Gasteiger partial charge in [0.05, 0.1) is 12.4 Å². The van der Waals surface area contributed by atoms with E-state index in [2.05, 4.69) is 22.9 Å². The molecule has 0 saturated carbocycles. The predicted molar refractivity (Wildman–Crippen MR) is 55.4 cm³/mol. The summed E-state index contributed by atoms with van der Waals surface area (Å²) in [4.78, 5) is 14.4. The van der Waals surface area contributed by atoms with Crippen LogP contribution in [-0.2, 0) is 4.79 Å². The molecule has 0 bridgehead atoms. The Hall–Kier alpha value is -0.750. The highest BCUT2D eigenvalue weighted by atomic mass is 32.1. The van der Waals surface area contributed by atoms with E-state index in [0.29, 0.717) is 18.9 Å². The van der Waals surface area contributed by atoms with Gasteiger partial charge in [0.1, 0.15) is 6.04 Å². The monoisotopic (exact) mass is 205 g/mol. The first-order valence-corrected chi connectivity index (χ1v) is 4.54. The molecule has 0 radical (unpaired) electrons. The average Bonchev–Trinajstić information content (AvgIpc) is 2.03. The van der Waals surface area contributed by atoms with Gasteiger partial charge >= 0.3 is 5.97 Å². The molecule has 0 heterocycles. The molecule has 5 nitrogen and oxygen atoms in total. The van der Waals surface area contributed by atoms with E-state index in [1.165, 1.54) is 0 Å². The van der Waals surface area contributed by atoms with Crippen molar-refractivity contribution in [2.45, 2.75) is 13.0 Å². The fourth-order valence-corrected chi connectivity index (χ4v) is 0.986. The molecule has 0 spiro atoms. The summed E-state index contributed by atoms with van der Waals surface area (Å²) >= 11 is 3.89. The quantitative estimate of drug-likeness (QED) is 0.200. The Morgan fingerprint density at radius 1 is 1.77 bits per heavy atom. The summed E-state index contributed by atoms with van der Waals surface area (Å²) in [5.41, 5.74) is 5.29. The van der Waals surface area contributed by atoms with Gasteiger partial charge in [-0.25, -0.2) is 0 Å². The number of aliphatic imine (C=N–C) groups is 1. The molecule has 0 unspecified atom stereocenters. The summed E-state index contributed by atoms with van der Waals surface area (Å²) in [6.07, 6.45) is 0. The Labute approximate surface area is 82.8 Å². The minimum atomic E-state index is -0.900. The molecule has 0 aliphatic rings. The van der Waals surface area contributed by atoms with Gasteiger partial charge in [0.15, 0.2) is 0 Å². The van der Waals surface area contributed by atoms with E-state index >= 15 is 0 Å². The Balaban J connectivity index is 3.62. The lowest BCUT2D eigenvalue weighted by molar-refractivity contribution is -0.138. The van der Waals surface area contributed by atoms with Crippen LogP contribution in [0.25, 0.3) is 0 Å². The van der Waals surface area contributed by atoms with Crippen LogP contribution in [0, 0.1) is 0 Å². The van der Waals surface area contributed by atoms with Crippen molar-refractivity contribution in [2.24, 2.45) is 10.7 Å². The summed E-state index contributed by atoms with van der Waals surface area (Å²) in [5, 5.41) is 11.4. The van der Waals surface area contributed by atoms with Gasteiger partial charge in [-0.3, -0.25) is 9.79 Å². The lowest BCUT2D eigenvalue weighted by Crippen LogP contribution is -2.39. The number of hydrogen-bond donors (Lipinski definition) is 4. The maximum absolute atomic E-state index is 10.5. The van der Waals surface area contributed by atoms with Gasteiger partial charge in [0.25, 0.3) is 0 Å². The fraction of sp³-hybridized carbons (Fsp3) is 0.714. The number of nitrogens with two attached hydrogens (primary N) is 1. The van der Waals surface area contributed by atoms with Crippen molar-refractivity contribution in [1.82, 2.24) is 5.32 Å². The molecule has 0 aromatic carbocycles. The highest BCUT2D eigenvalue weighted by Gasteiger charge is 2.13. The summed E-state index contributed by atoms with van der Waals surface area (Å²) in [5.74, 6) is -0.135. The molecule has 4 N–H and O–H groups in total. The molecule has 13 heavy (non-hydrogen) atoms. The number of aliphatic carboxylic acids is 1. The third kappa shape index (κ3) is 6.41. The highest BCUT2D eigenvalue weighted by molar-refractivity contribution is 7.80. The third-order valence-electron chi connectivity index (χ3n) is 1.34. The van der Waals surface area contributed by atoms with E-state index in [1.54, 1.807) is 6.92 Å². The molecule has 0 aromatic heterocycles. The van der Waals surface area contributed by atoms with Gasteiger partial charge < -0.3 is 16.2 Å². The zero-order valence-electron chi connectivity index (χ0n) is 7.53. The molecule has 76 valence electrons. The number of nitrogens with one attached hydrogen (secondary N) is 1. The number of nitrogens with zero attached hydrogens (tertiary/aromatic N) is 1. The smallest absolute Gasteiger partial charge is 0.321 e. The van der Waals surface area contributed by atoms with Crippen LogP contribution >= 0.6 is 12.6 Å². The van der Waals surface area contributed by atoms with Gasteiger partial charge in [0.2, 0.25) is 0 Å². The minimum Gasteiger partial charge on any atom is -0.480 e. The molecular formula is C7H15N3O2S. The van der Waals surface area contributed by atoms with Crippen LogP contribution in [0.5, 0.6) is 0 Å². The topological polar surface area (TPSA) is 87.7 Å². The molecule has 6 heteroatoms. The van der Waals surface area contributed by atoms with E-state index in [1.807, 2.05) is 0 Å². The first kappa shape index (κ1) is 12.2. The summed E-state index contributed by atoms with van der Waals surface area (Å²) < 4.78 is 0. The number of carboxylic acid groups (broad SMARTS) is 1. The molecule has 0 rings (SSSR count). The van der Waals surface area contributed by atoms with Crippen molar-refractivity contribution < 1.29 is 9.90 Å². The molecule has 0 aliphatic carbocycles. The van der Waals surface area contributed by atoms with Gasteiger partial charge in [-0.1, -0.05) is 0 Å². The summed E-state index contributed by atoms with van der Waals surface area (Å²) in [6.45, 7) is 2.67. The maximum atomic E-state index is 10.5. The summed E-state index contributed by atoms with van der Waals surface area (Å²) in [6, 6.07) is -0.614. The molecule has 0 aliphatic heterocycles. The second kappa shape index (κ2) is 6.73. The van der Waals surface area contributed by atoms with Crippen LogP contribution in [0.4, 0.5) is 0 Å². The zero-order valence-corrected chi connectivity index (χ0v) is 8.42. The van der Waals surface area contributed by atoms with Crippen LogP contribution in [-0.4, -0.2) is 41.8 Å². The molecule has 1 atom stereocenters. The fourth-order valence-electron chi connectivity index (χ4n) is 0.701. The maximum Gasteiger partial charge on any atom is 0.321 e. The molecule has 0 aromatic rings. The second-order valence-corrected chi connectivity index (χ2v) is 2.92. The van der Waals surface area contributed by atoms with Crippen LogP contribution in [0.1, 0.15) is 6.92 Å². The highest BCUT2D eigenvalue weighted by Crippen LogP contribution is 1.87. The van der Waals surface area contributed by atoms with Crippen LogP contribution in [0.3, 0.4) is 0 Å². The molecular weight excluding hydrogens is 190 g/mol. The molecule has 0 saturated heterocycles. The standard InChI is InChI=1S/C7H15N3O2S/c1-5(8)9-2-3-10-6(4-13)7(11)12/h6,10,13H,2-4H2,1H3,(H2,8,9)(H,11,12)/t6-/m0/s1. The SMILES string of the molecule is CC(N)=NCCN[C@@H](CS)C(=O)O. The lowest BCUT2D eigenvalue weighted by Gasteiger charge is -2.09. The first-order valence-electron chi connectivity index (χ1n) is 3.91. The van der Waals surface area contributed by atoms with Crippen molar-refractivity contribution in [1.29, 1.82) is 0 Å². The van der Waals surface area contributed by atoms with Crippen LogP contribution < -0.4 is 11.1 Å². The lowest BCUT2D eigenvalue weighted by atomic mass is 10.3. The van der Waals surface area contributed by atoms with Crippen LogP contribution in [0.2, 0.25) is 0 Å². The number of carboxylic acids is 1. The van der Waals surface area contributed by atoms with Gasteiger partial charge in [-0.2, -0.15) is 12.6 Å². The van der Waals surface area contributed by atoms with E-state index in [9.17, 15) is 4.79 Å². The van der Waals surface area contributed by atoms with Gasteiger partial charge in [-0.05, 0) is 6.92 Å². The van der Waals surface area contributed by atoms with E-state index in [0.717, 1.165) is 0 Å². The molecule has 0 amide bonds. The predicted octanol–water partition coefficient (Wildman–Crippen LogP) is -0.664. The van der Waals surface area contributed by atoms with Crippen molar-refractivity contribution in [3.63, 3.8) is 0 Å². The third-order valence-corrected chi connectivity index (χ3v) is 1.71. The van der Waals surface area contributed by atoms with Gasteiger partial charge in [-0.15, -0.1) is 0 Å². The Bertz CT molecular complexity index is 192. The number of amidine groups is 1. The Morgan fingerprint density at radius 2 is 2.38 bits per heavy atom. The second-order valence-electron chi connectivity index (χ2n) is 2.55. The summed E-state index contributed by atoms with van der Waals surface area (Å²) in [7, 11) is 0. The Kier molecular flexibility index (Phi) is 6.34. The van der Waals surface area contributed by atoms with Crippen molar-refractivity contribution in [2.75, 3.05) is 18.8 Å². The van der Waals surface area contributed by atoms with Gasteiger partial charge in [0, 0.05) is 12.3 Å². The molecule has 0 fully saturated rings. The van der Waals surface area contributed by atoms with Crippen molar-refractivity contribution in [3.05, 3.63) is 0 Å².